The van der Waals surface area contributed by atoms with E-state index in [2.05, 4.69) is 19.8 Å². The molecule has 0 aliphatic carbocycles. The molecule has 1 aliphatic rings. The summed E-state index contributed by atoms with van der Waals surface area (Å²) in [6.45, 7) is 7.97. The Morgan fingerprint density at radius 3 is 2.50 bits per heavy atom. The summed E-state index contributed by atoms with van der Waals surface area (Å²) in [6.07, 6.45) is 3.29. The smallest absolute Gasteiger partial charge is 0.149 e. The highest BCUT2D eigenvalue weighted by atomic mass is 16.3. The first kappa shape index (κ1) is 13.0. The molecule has 1 aromatic rings. The Hall–Kier alpha value is -1.40. The van der Waals surface area contributed by atoms with Crippen LogP contribution in [0.2, 0.25) is 0 Å². The fourth-order valence-electron chi connectivity index (χ4n) is 2.20. The quantitative estimate of drug-likeness (QED) is 0.784. The van der Waals surface area contributed by atoms with E-state index in [-0.39, 0.29) is 0 Å². The van der Waals surface area contributed by atoms with E-state index in [1.165, 1.54) is 0 Å². The lowest BCUT2D eigenvalue weighted by atomic mass is 10.1. The van der Waals surface area contributed by atoms with Gasteiger partial charge in [0, 0.05) is 32.7 Å². The van der Waals surface area contributed by atoms with Gasteiger partial charge in [-0.15, -0.1) is 0 Å². The number of aromatic nitrogens is 2. The zero-order valence-electron chi connectivity index (χ0n) is 11.0. The van der Waals surface area contributed by atoms with Crippen LogP contribution in [0.5, 0.6) is 0 Å². The molecule has 1 aliphatic heterocycles. The van der Waals surface area contributed by atoms with Gasteiger partial charge in [0.05, 0.1) is 18.0 Å². The predicted molar refractivity (Wildman–Crippen MR) is 71.4 cm³/mol. The molecular formula is C12H21N5O. The fourth-order valence-corrected chi connectivity index (χ4v) is 2.20. The SMILES string of the molecule is CC(C)(O)CN1CCN(c2cncc(N)n2)CC1. The molecule has 1 saturated heterocycles. The average molecular weight is 251 g/mol. The van der Waals surface area contributed by atoms with E-state index in [4.69, 9.17) is 5.73 Å². The molecule has 0 saturated carbocycles. The van der Waals surface area contributed by atoms with E-state index in [0.717, 1.165) is 32.0 Å². The zero-order chi connectivity index (χ0) is 13.2. The van der Waals surface area contributed by atoms with E-state index in [0.29, 0.717) is 12.4 Å². The molecule has 18 heavy (non-hydrogen) atoms. The summed E-state index contributed by atoms with van der Waals surface area (Å²) < 4.78 is 0. The molecule has 6 nitrogen and oxygen atoms in total. The van der Waals surface area contributed by atoms with Gasteiger partial charge in [0.2, 0.25) is 0 Å². The summed E-state index contributed by atoms with van der Waals surface area (Å²) >= 11 is 0. The van der Waals surface area contributed by atoms with Crippen molar-refractivity contribution in [3.63, 3.8) is 0 Å². The number of nitrogens with two attached hydrogens (primary N) is 1. The Bertz CT molecular complexity index is 396. The van der Waals surface area contributed by atoms with Gasteiger partial charge in [-0.2, -0.15) is 0 Å². The second-order valence-electron chi connectivity index (χ2n) is 5.38. The van der Waals surface area contributed by atoms with Crippen molar-refractivity contribution >= 4 is 11.6 Å². The largest absolute Gasteiger partial charge is 0.389 e. The molecule has 2 rings (SSSR count). The normalized spacial score (nSPS) is 18.1. The van der Waals surface area contributed by atoms with E-state index < -0.39 is 5.60 Å². The van der Waals surface area contributed by atoms with Gasteiger partial charge in [0.1, 0.15) is 11.6 Å². The number of hydrogen-bond acceptors (Lipinski definition) is 6. The van der Waals surface area contributed by atoms with Crippen LogP contribution < -0.4 is 10.6 Å². The summed E-state index contributed by atoms with van der Waals surface area (Å²) in [7, 11) is 0. The monoisotopic (exact) mass is 251 g/mol. The Morgan fingerprint density at radius 1 is 1.28 bits per heavy atom. The summed E-state index contributed by atoms with van der Waals surface area (Å²) in [6, 6.07) is 0. The van der Waals surface area contributed by atoms with E-state index in [1.807, 2.05) is 13.8 Å². The van der Waals surface area contributed by atoms with Crippen LogP contribution in [-0.2, 0) is 0 Å². The van der Waals surface area contributed by atoms with Crippen LogP contribution in [0.1, 0.15) is 13.8 Å². The molecule has 0 spiro atoms. The first-order chi connectivity index (χ1) is 8.44. The van der Waals surface area contributed by atoms with Gasteiger partial charge in [-0.05, 0) is 13.8 Å². The van der Waals surface area contributed by atoms with Crippen molar-refractivity contribution in [3.05, 3.63) is 12.4 Å². The van der Waals surface area contributed by atoms with Crippen molar-refractivity contribution in [2.45, 2.75) is 19.4 Å². The lowest BCUT2D eigenvalue weighted by Gasteiger charge is -2.37. The maximum absolute atomic E-state index is 9.80. The number of nitrogens with zero attached hydrogens (tertiary/aromatic N) is 4. The highest BCUT2D eigenvalue weighted by molar-refractivity contribution is 5.41. The number of anilines is 2. The summed E-state index contributed by atoms with van der Waals surface area (Å²) in [5.74, 6) is 1.28. The highest BCUT2D eigenvalue weighted by Crippen LogP contribution is 2.15. The maximum Gasteiger partial charge on any atom is 0.149 e. The van der Waals surface area contributed by atoms with E-state index >= 15 is 0 Å². The molecule has 1 aromatic heterocycles. The van der Waals surface area contributed by atoms with Gasteiger partial charge < -0.3 is 15.7 Å². The van der Waals surface area contributed by atoms with E-state index in [9.17, 15) is 5.11 Å². The van der Waals surface area contributed by atoms with Crippen LogP contribution >= 0.6 is 0 Å². The van der Waals surface area contributed by atoms with Gasteiger partial charge in [-0.3, -0.25) is 9.88 Å². The third kappa shape index (κ3) is 3.54. The second-order valence-corrected chi connectivity index (χ2v) is 5.38. The number of rotatable bonds is 3. The minimum Gasteiger partial charge on any atom is -0.389 e. The topological polar surface area (TPSA) is 78.5 Å². The molecule has 0 bridgehead atoms. The molecule has 2 heterocycles. The molecule has 0 atom stereocenters. The molecule has 100 valence electrons. The number of β-amino-alcohol motifs (C(OH)–C–C–N with tert-alkyl or cyclic N) is 1. The fraction of sp³-hybridized carbons (Fsp3) is 0.667. The zero-order valence-corrected chi connectivity index (χ0v) is 11.0. The first-order valence-electron chi connectivity index (χ1n) is 6.21. The minimum absolute atomic E-state index is 0.450. The molecule has 0 radical (unpaired) electrons. The third-order valence-electron chi connectivity index (χ3n) is 2.95. The maximum atomic E-state index is 9.80. The molecule has 0 amide bonds. The summed E-state index contributed by atoms with van der Waals surface area (Å²) in [4.78, 5) is 12.8. The van der Waals surface area contributed by atoms with Crippen LogP contribution in [0.4, 0.5) is 11.6 Å². The van der Waals surface area contributed by atoms with Gasteiger partial charge in [0.15, 0.2) is 0 Å². The van der Waals surface area contributed by atoms with Crippen LogP contribution in [-0.4, -0.2) is 58.3 Å². The molecular weight excluding hydrogens is 230 g/mol. The minimum atomic E-state index is -0.640. The molecule has 1 fully saturated rings. The molecule has 0 aromatic carbocycles. The third-order valence-corrected chi connectivity index (χ3v) is 2.95. The van der Waals surface area contributed by atoms with Gasteiger partial charge in [-0.1, -0.05) is 0 Å². The lowest BCUT2D eigenvalue weighted by molar-refractivity contribution is 0.0344. The van der Waals surface area contributed by atoms with Gasteiger partial charge >= 0.3 is 0 Å². The molecule has 0 unspecified atom stereocenters. The Morgan fingerprint density at radius 2 is 1.94 bits per heavy atom. The lowest BCUT2D eigenvalue weighted by Crippen LogP contribution is -2.50. The van der Waals surface area contributed by atoms with Crippen molar-refractivity contribution < 1.29 is 5.11 Å². The van der Waals surface area contributed by atoms with Gasteiger partial charge in [0.25, 0.3) is 0 Å². The standard InChI is InChI=1S/C12H21N5O/c1-12(2,18)9-16-3-5-17(6-4-16)11-8-14-7-10(13)15-11/h7-8,18H,3-6,9H2,1-2H3,(H2,13,15). The predicted octanol–water partition coefficient (Wildman–Crippen LogP) is -0.0483. The van der Waals surface area contributed by atoms with Crippen molar-refractivity contribution in [1.29, 1.82) is 0 Å². The van der Waals surface area contributed by atoms with Crippen molar-refractivity contribution in [2.75, 3.05) is 43.4 Å². The molecule has 6 heteroatoms. The molecule has 3 N–H and O–H groups in total. The first-order valence-corrected chi connectivity index (χ1v) is 6.21. The summed E-state index contributed by atoms with van der Waals surface area (Å²) in [5.41, 5.74) is 4.99. The van der Waals surface area contributed by atoms with Crippen LogP contribution in [0.25, 0.3) is 0 Å². The Labute approximate surface area is 107 Å². The Kier molecular flexibility index (Phi) is 3.68. The van der Waals surface area contributed by atoms with Crippen molar-refractivity contribution in [1.82, 2.24) is 14.9 Å². The van der Waals surface area contributed by atoms with Crippen LogP contribution in [0.3, 0.4) is 0 Å². The Balaban J connectivity index is 1.91. The average Bonchev–Trinajstić information content (AvgIpc) is 2.28. The van der Waals surface area contributed by atoms with Crippen LogP contribution in [0.15, 0.2) is 12.4 Å². The number of hydrogen-bond donors (Lipinski definition) is 2. The van der Waals surface area contributed by atoms with E-state index in [1.54, 1.807) is 12.4 Å². The van der Waals surface area contributed by atoms with Gasteiger partial charge in [-0.25, -0.2) is 4.98 Å². The van der Waals surface area contributed by atoms with Crippen molar-refractivity contribution in [2.24, 2.45) is 0 Å². The summed E-state index contributed by atoms with van der Waals surface area (Å²) in [5, 5.41) is 9.80. The number of aliphatic hydroxyl groups is 1. The highest BCUT2D eigenvalue weighted by Gasteiger charge is 2.23. The van der Waals surface area contributed by atoms with Crippen molar-refractivity contribution in [3.8, 4) is 0 Å². The van der Waals surface area contributed by atoms with Crippen LogP contribution in [0, 0.1) is 0 Å². The number of nitrogen functional groups attached to an aromatic ring is 1. The second kappa shape index (κ2) is 5.07. The number of piperazine rings is 1.